The number of ether oxygens (including phenoxy) is 1. The van der Waals surface area contributed by atoms with Crippen LogP contribution < -0.4 is 10.1 Å². The van der Waals surface area contributed by atoms with Crippen LogP contribution in [-0.4, -0.2) is 29.7 Å². The van der Waals surface area contributed by atoms with Gasteiger partial charge in [-0.15, -0.1) is 12.4 Å². The van der Waals surface area contributed by atoms with Crippen LogP contribution in [0.3, 0.4) is 0 Å². The number of pyridine rings is 1. The summed E-state index contributed by atoms with van der Waals surface area (Å²) in [5.74, 6) is 2.22. The number of aromatic hydroxyl groups is 1. The molecule has 3 aromatic heterocycles. The average Bonchev–Trinajstić information content (AvgIpc) is 3.18. The van der Waals surface area contributed by atoms with Gasteiger partial charge in [0.2, 0.25) is 0 Å². The Hall–Kier alpha value is -3.91. The van der Waals surface area contributed by atoms with Crippen molar-refractivity contribution in [2.75, 3.05) is 5.32 Å². The van der Waals surface area contributed by atoms with E-state index in [0.29, 0.717) is 11.6 Å². The van der Waals surface area contributed by atoms with Gasteiger partial charge in [-0.05, 0) is 55.0 Å². The maximum Gasteiger partial charge on any atom is 0.158 e. The Kier molecular flexibility index (Phi) is 5.07. The van der Waals surface area contributed by atoms with Crippen molar-refractivity contribution in [3.05, 3.63) is 72.9 Å². The maximum absolute atomic E-state index is 9.78. The van der Waals surface area contributed by atoms with Gasteiger partial charge in [0.05, 0.1) is 5.52 Å². The molecule has 0 unspecified atom stereocenters. The van der Waals surface area contributed by atoms with Gasteiger partial charge in [-0.1, -0.05) is 0 Å². The van der Waals surface area contributed by atoms with Gasteiger partial charge in [0, 0.05) is 23.3 Å². The highest BCUT2D eigenvalue weighted by atomic mass is 35.5. The molecule has 30 heavy (non-hydrogen) atoms. The first-order valence-electron chi connectivity index (χ1n) is 8.94. The number of aromatic nitrogens is 5. The lowest BCUT2D eigenvalue weighted by atomic mass is 10.2. The lowest BCUT2D eigenvalue weighted by Gasteiger charge is -2.12. The Morgan fingerprint density at radius 1 is 0.967 bits per heavy atom. The van der Waals surface area contributed by atoms with Gasteiger partial charge in [-0.25, -0.2) is 19.5 Å². The van der Waals surface area contributed by atoms with Crippen LogP contribution in [0.2, 0.25) is 0 Å². The Bertz CT molecular complexity index is 1350. The molecule has 0 amide bonds. The van der Waals surface area contributed by atoms with Gasteiger partial charge in [-0.2, -0.15) is 5.10 Å². The SMILES string of the molecule is Cc1cc(Nc2ncnc3ccc(O)cc23)ccc1Oc1ccn2ncnc2c1.Cl. The normalized spacial score (nSPS) is 10.7. The van der Waals surface area contributed by atoms with Gasteiger partial charge < -0.3 is 15.2 Å². The number of anilines is 2. The minimum absolute atomic E-state index is 0. The van der Waals surface area contributed by atoms with Crippen LogP contribution in [0, 0.1) is 6.92 Å². The smallest absolute Gasteiger partial charge is 0.158 e. The summed E-state index contributed by atoms with van der Waals surface area (Å²) in [5.41, 5.74) is 3.28. The molecule has 0 bridgehead atoms. The lowest BCUT2D eigenvalue weighted by molar-refractivity contribution is 0.476. The van der Waals surface area contributed by atoms with Crippen molar-refractivity contribution in [2.24, 2.45) is 0 Å². The van der Waals surface area contributed by atoms with Crippen LogP contribution in [0.4, 0.5) is 11.5 Å². The van der Waals surface area contributed by atoms with Gasteiger partial charge in [0.1, 0.15) is 35.7 Å². The summed E-state index contributed by atoms with van der Waals surface area (Å²) in [6, 6.07) is 14.5. The molecule has 2 aromatic carbocycles. The zero-order valence-electron chi connectivity index (χ0n) is 15.9. The third-order valence-corrected chi connectivity index (χ3v) is 4.54. The summed E-state index contributed by atoms with van der Waals surface area (Å²) < 4.78 is 7.69. The number of hydrogen-bond donors (Lipinski definition) is 2. The van der Waals surface area contributed by atoms with Gasteiger partial charge >= 0.3 is 0 Å². The Morgan fingerprint density at radius 2 is 1.87 bits per heavy atom. The molecular weight excluding hydrogens is 404 g/mol. The van der Waals surface area contributed by atoms with Crippen LogP contribution in [0.15, 0.2) is 67.4 Å². The first-order valence-corrected chi connectivity index (χ1v) is 8.94. The van der Waals surface area contributed by atoms with Crippen molar-refractivity contribution >= 4 is 40.5 Å². The zero-order valence-corrected chi connectivity index (χ0v) is 16.7. The van der Waals surface area contributed by atoms with Gasteiger partial charge in [-0.3, -0.25) is 0 Å². The number of benzene rings is 2. The summed E-state index contributed by atoms with van der Waals surface area (Å²) in [5, 5.41) is 17.9. The molecule has 0 atom stereocenters. The number of fused-ring (bicyclic) bond motifs is 2. The fraction of sp³-hybridized carbons (Fsp3) is 0.0476. The minimum Gasteiger partial charge on any atom is -0.508 e. The molecule has 0 aliphatic carbocycles. The number of phenolic OH excluding ortho intramolecular Hbond substituents is 1. The van der Waals surface area contributed by atoms with E-state index < -0.39 is 0 Å². The molecule has 0 aliphatic rings. The van der Waals surface area contributed by atoms with E-state index in [1.807, 2.05) is 37.3 Å². The number of hydrogen-bond acceptors (Lipinski definition) is 7. The third-order valence-electron chi connectivity index (χ3n) is 4.54. The summed E-state index contributed by atoms with van der Waals surface area (Å²) in [6.07, 6.45) is 4.80. The van der Waals surface area contributed by atoms with Crippen LogP contribution in [0.5, 0.6) is 17.2 Å². The largest absolute Gasteiger partial charge is 0.508 e. The van der Waals surface area contributed by atoms with Crippen molar-refractivity contribution < 1.29 is 9.84 Å². The van der Waals surface area contributed by atoms with Crippen molar-refractivity contribution in [2.45, 2.75) is 6.92 Å². The highest BCUT2D eigenvalue weighted by molar-refractivity contribution is 5.91. The van der Waals surface area contributed by atoms with Crippen LogP contribution >= 0.6 is 12.4 Å². The number of aryl methyl sites for hydroxylation is 1. The number of halogens is 1. The Morgan fingerprint density at radius 3 is 2.73 bits per heavy atom. The monoisotopic (exact) mass is 420 g/mol. The van der Waals surface area contributed by atoms with Crippen molar-refractivity contribution in [3.63, 3.8) is 0 Å². The predicted molar refractivity (Wildman–Crippen MR) is 116 cm³/mol. The Labute approximate surface area is 177 Å². The van der Waals surface area contributed by atoms with E-state index in [1.165, 1.54) is 12.7 Å². The number of rotatable bonds is 4. The van der Waals surface area contributed by atoms with Crippen LogP contribution in [0.1, 0.15) is 5.56 Å². The molecule has 8 nitrogen and oxygen atoms in total. The topological polar surface area (TPSA) is 97.5 Å². The van der Waals surface area contributed by atoms with Crippen LogP contribution in [0.25, 0.3) is 16.6 Å². The van der Waals surface area contributed by atoms with E-state index in [1.54, 1.807) is 28.9 Å². The van der Waals surface area contributed by atoms with E-state index >= 15 is 0 Å². The number of nitrogens with one attached hydrogen (secondary N) is 1. The fourth-order valence-corrected chi connectivity index (χ4v) is 3.11. The quantitative estimate of drug-likeness (QED) is 0.437. The molecule has 0 saturated carbocycles. The van der Waals surface area contributed by atoms with E-state index in [0.717, 1.165) is 33.6 Å². The van der Waals surface area contributed by atoms with E-state index in [2.05, 4.69) is 25.4 Å². The summed E-state index contributed by atoms with van der Waals surface area (Å²) in [6.45, 7) is 1.97. The summed E-state index contributed by atoms with van der Waals surface area (Å²) >= 11 is 0. The molecule has 5 rings (SSSR count). The van der Waals surface area contributed by atoms with Crippen molar-refractivity contribution in [1.29, 1.82) is 0 Å². The predicted octanol–water partition coefficient (Wildman–Crippen LogP) is 4.64. The van der Waals surface area contributed by atoms with Crippen LogP contribution in [-0.2, 0) is 0 Å². The highest BCUT2D eigenvalue weighted by Gasteiger charge is 2.08. The number of phenols is 1. The van der Waals surface area contributed by atoms with Crippen molar-refractivity contribution in [3.8, 4) is 17.2 Å². The summed E-state index contributed by atoms with van der Waals surface area (Å²) in [7, 11) is 0. The minimum atomic E-state index is 0. The maximum atomic E-state index is 9.78. The molecule has 0 fully saturated rings. The molecule has 0 aliphatic heterocycles. The molecular formula is C21H17ClN6O2. The first-order chi connectivity index (χ1) is 14.2. The van der Waals surface area contributed by atoms with E-state index in [9.17, 15) is 5.11 Å². The Balaban J connectivity index is 0.00000218. The third kappa shape index (κ3) is 3.68. The van der Waals surface area contributed by atoms with E-state index in [-0.39, 0.29) is 18.2 Å². The molecule has 0 saturated heterocycles. The fourth-order valence-electron chi connectivity index (χ4n) is 3.11. The van der Waals surface area contributed by atoms with E-state index in [4.69, 9.17) is 4.74 Å². The highest BCUT2D eigenvalue weighted by Crippen LogP contribution is 2.30. The lowest BCUT2D eigenvalue weighted by Crippen LogP contribution is -1.97. The second-order valence-corrected chi connectivity index (χ2v) is 6.56. The molecule has 3 heterocycles. The first kappa shape index (κ1) is 19.4. The molecule has 2 N–H and O–H groups in total. The second-order valence-electron chi connectivity index (χ2n) is 6.56. The second kappa shape index (κ2) is 7.84. The summed E-state index contributed by atoms with van der Waals surface area (Å²) in [4.78, 5) is 12.7. The molecule has 0 spiro atoms. The van der Waals surface area contributed by atoms with Crippen molar-refractivity contribution in [1.82, 2.24) is 24.6 Å². The number of nitrogens with zero attached hydrogens (tertiary/aromatic N) is 5. The molecule has 5 aromatic rings. The van der Waals surface area contributed by atoms with Gasteiger partial charge in [0.15, 0.2) is 5.65 Å². The molecule has 0 radical (unpaired) electrons. The zero-order chi connectivity index (χ0) is 19.8. The average molecular weight is 421 g/mol. The standard InChI is InChI=1S/C21H16N6O2.ClH/c1-13-8-14(26-21-17-9-15(28)3-4-18(17)22-11-24-21)2-5-19(13)29-16-6-7-27-20(10-16)23-12-25-27;/h2-12,28H,1H3,(H,22,24,26);1H. The molecule has 150 valence electrons. The van der Waals surface area contributed by atoms with Gasteiger partial charge in [0.25, 0.3) is 0 Å². The molecule has 9 heteroatoms.